The summed E-state index contributed by atoms with van der Waals surface area (Å²) < 4.78 is 5.77. The van der Waals surface area contributed by atoms with Crippen molar-refractivity contribution in [2.24, 2.45) is 0 Å². The Morgan fingerprint density at radius 3 is 2.48 bits per heavy atom. The van der Waals surface area contributed by atoms with Gasteiger partial charge < -0.3 is 9.73 Å². The van der Waals surface area contributed by atoms with Crippen LogP contribution in [-0.2, 0) is 0 Å². The van der Waals surface area contributed by atoms with Crippen LogP contribution in [0.1, 0.15) is 71.8 Å². The van der Waals surface area contributed by atoms with E-state index in [9.17, 15) is 9.59 Å². The minimum atomic E-state index is -0.191. The highest BCUT2D eigenvalue weighted by molar-refractivity contribution is 6.00. The standard InChI is InChI=1S/C19H23NO3/c1-4-11-20-19(22)15-12-17(16(21)5-2)23-18(15)13(3)14-9-7-6-8-10-14/h6-10,12-13H,4-5,11H2,1-3H3,(H,20,22)/t13-/m0/s1. The van der Waals surface area contributed by atoms with Crippen molar-refractivity contribution in [1.29, 1.82) is 0 Å². The average molecular weight is 313 g/mol. The van der Waals surface area contributed by atoms with Crippen LogP contribution in [0.4, 0.5) is 0 Å². The second-order valence-corrected chi connectivity index (χ2v) is 5.55. The summed E-state index contributed by atoms with van der Waals surface area (Å²) in [5.74, 6) is 0.412. The Hall–Kier alpha value is -2.36. The van der Waals surface area contributed by atoms with Crippen molar-refractivity contribution >= 4 is 11.7 Å². The van der Waals surface area contributed by atoms with Gasteiger partial charge in [0.2, 0.25) is 0 Å². The number of carbonyl (C=O) groups is 2. The van der Waals surface area contributed by atoms with Gasteiger partial charge >= 0.3 is 0 Å². The molecule has 0 fully saturated rings. The summed E-state index contributed by atoms with van der Waals surface area (Å²) in [6.07, 6.45) is 1.20. The first kappa shape index (κ1) is 17.0. The third-order valence-electron chi connectivity index (χ3n) is 3.83. The molecular weight excluding hydrogens is 290 g/mol. The molecule has 1 heterocycles. The van der Waals surface area contributed by atoms with Gasteiger partial charge in [0, 0.05) is 24.9 Å². The molecule has 0 saturated heterocycles. The Kier molecular flexibility index (Phi) is 5.74. The van der Waals surface area contributed by atoms with Crippen molar-refractivity contribution in [2.75, 3.05) is 6.54 Å². The molecule has 0 saturated carbocycles. The first-order chi connectivity index (χ1) is 11.1. The van der Waals surface area contributed by atoms with Gasteiger partial charge in [-0.1, -0.05) is 51.1 Å². The molecular formula is C19H23NO3. The summed E-state index contributed by atoms with van der Waals surface area (Å²) in [5.41, 5.74) is 1.49. The van der Waals surface area contributed by atoms with Crippen molar-refractivity contribution in [3.05, 3.63) is 59.0 Å². The number of hydrogen-bond donors (Lipinski definition) is 1. The molecule has 2 aromatic rings. The fourth-order valence-corrected chi connectivity index (χ4v) is 2.44. The van der Waals surface area contributed by atoms with Gasteiger partial charge in [-0.3, -0.25) is 9.59 Å². The van der Waals surface area contributed by atoms with Crippen LogP contribution in [-0.4, -0.2) is 18.2 Å². The Bertz CT molecular complexity index is 673. The molecule has 1 N–H and O–H groups in total. The van der Waals surface area contributed by atoms with E-state index >= 15 is 0 Å². The number of hydrogen-bond acceptors (Lipinski definition) is 3. The molecule has 4 nitrogen and oxygen atoms in total. The molecule has 0 bridgehead atoms. The lowest BCUT2D eigenvalue weighted by molar-refractivity contribution is 0.0944. The van der Waals surface area contributed by atoms with Crippen molar-refractivity contribution in [3.8, 4) is 0 Å². The van der Waals surface area contributed by atoms with Crippen LogP contribution in [0.25, 0.3) is 0 Å². The zero-order valence-electron chi connectivity index (χ0n) is 13.9. The summed E-state index contributed by atoms with van der Waals surface area (Å²) in [6, 6.07) is 11.4. The molecule has 0 aliphatic rings. The maximum Gasteiger partial charge on any atom is 0.254 e. The minimum absolute atomic E-state index is 0.0962. The number of nitrogens with one attached hydrogen (secondary N) is 1. The van der Waals surface area contributed by atoms with Crippen LogP contribution >= 0.6 is 0 Å². The molecule has 0 aliphatic carbocycles. The van der Waals surface area contributed by atoms with Crippen LogP contribution in [0.5, 0.6) is 0 Å². The van der Waals surface area contributed by atoms with E-state index in [1.807, 2.05) is 44.2 Å². The fraction of sp³-hybridized carbons (Fsp3) is 0.368. The van der Waals surface area contributed by atoms with Gasteiger partial charge in [-0.2, -0.15) is 0 Å². The Labute approximate surface area is 136 Å². The SMILES string of the molecule is CCCNC(=O)c1cc(C(=O)CC)oc1[C@@H](C)c1ccccc1. The molecule has 1 amide bonds. The zero-order valence-corrected chi connectivity index (χ0v) is 13.9. The van der Waals surface area contributed by atoms with Crippen LogP contribution in [0.15, 0.2) is 40.8 Å². The molecule has 0 radical (unpaired) electrons. The molecule has 122 valence electrons. The highest BCUT2D eigenvalue weighted by atomic mass is 16.3. The zero-order chi connectivity index (χ0) is 16.8. The minimum Gasteiger partial charge on any atom is -0.456 e. The lowest BCUT2D eigenvalue weighted by Crippen LogP contribution is -2.24. The van der Waals surface area contributed by atoms with Crippen molar-refractivity contribution in [3.63, 3.8) is 0 Å². The van der Waals surface area contributed by atoms with E-state index < -0.39 is 0 Å². The molecule has 0 aliphatic heterocycles. The Balaban J connectivity index is 2.41. The third kappa shape index (κ3) is 3.89. The summed E-state index contributed by atoms with van der Waals surface area (Å²) in [6.45, 7) is 6.35. The van der Waals surface area contributed by atoms with Crippen LogP contribution in [0.3, 0.4) is 0 Å². The second kappa shape index (κ2) is 7.77. The average Bonchev–Trinajstić information content (AvgIpc) is 3.04. The van der Waals surface area contributed by atoms with Crippen LogP contribution < -0.4 is 5.32 Å². The molecule has 2 rings (SSSR count). The number of rotatable bonds is 7. The number of carbonyl (C=O) groups excluding carboxylic acids is 2. The van der Waals surface area contributed by atoms with E-state index in [1.54, 1.807) is 13.0 Å². The van der Waals surface area contributed by atoms with Gasteiger partial charge in [-0.05, 0) is 12.0 Å². The van der Waals surface area contributed by atoms with Crippen molar-refractivity contribution in [2.45, 2.75) is 39.5 Å². The molecule has 1 aromatic heterocycles. The number of furan rings is 1. The predicted molar refractivity (Wildman–Crippen MR) is 89.9 cm³/mol. The number of benzene rings is 1. The largest absolute Gasteiger partial charge is 0.456 e. The topological polar surface area (TPSA) is 59.3 Å². The molecule has 1 aromatic carbocycles. The number of ketones is 1. The van der Waals surface area contributed by atoms with Gasteiger partial charge in [-0.15, -0.1) is 0 Å². The van der Waals surface area contributed by atoms with Crippen LogP contribution in [0.2, 0.25) is 0 Å². The fourth-order valence-electron chi connectivity index (χ4n) is 2.44. The van der Waals surface area contributed by atoms with Gasteiger partial charge in [-0.25, -0.2) is 0 Å². The Morgan fingerprint density at radius 1 is 1.17 bits per heavy atom. The van der Waals surface area contributed by atoms with E-state index in [0.29, 0.717) is 24.3 Å². The van der Waals surface area contributed by atoms with E-state index in [2.05, 4.69) is 5.32 Å². The Morgan fingerprint density at radius 2 is 1.87 bits per heavy atom. The highest BCUT2D eigenvalue weighted by Crippen LogP contribution is 2.30. The molecule has 1 atom stereocenters. The first-order valence-electron chi connectivity index (χ1n) is 8.08. The van der Waals surface area contributed by atoms with Crippen molar-refractivity contribution < 1.29 is 14.0 Å². The number of amides is 1. The lowest BCUT2D eigenvalue weighted by Gasteiger charge is -2.11. The maximum absolute atomic E-state index is 12.4. The highest BCUT2D eigenvalue weighted by Gasteiger charge is 2.25. The van der Waals surface area contributed by atoms with E-state index in [4.69, 9.17) is 4.42 Å². The summed E-state index contributed by atoms with van der Waals surface area (Å²) in [7, 11) is 0. The van der Waals surface area contributed by atoms with Gasteiger partial charge in [0.1, 0.15) is 5.76 Å². The van der Waals surface area contributed by atoms with Crippen LogP contribution in [0, 0.1) is 0 Å². The quantitative estimate of drug-likeness (QED) is 0.781. The monoisotopic (exact) mass is 313 g/mol. The normalized spacial score (nSPS) is 12.0. The summed E-state index contributed by atoms with van der Waals surface area (Å²) in [4.78, 5) is 24.4. The second-order valence-electron chi connectivity index (χ2n) is 5.55. The lowest BCUT2D eigenvalue weighted by atomic mass is 9.96. The number of Topliss-reactive ketones (excluding diaryl/α,β-unsaturated/α-hetero) is 1. The predicted octanol–water partition coefficient (Wildman–Crippen LogP) is 4.16. The van der Waals surface area contributed by atoms with Gasteiger partial charge in [0.15, 0.2) is 11.5 Å². The van der Waals surface area contributed by atoms with Gasteiger partial charge in [0.25, 0.3) is 5.91 Å². The van der Waals surface area contributed by atoms with E-state index in [0.717, 1.165) is 12.0 Å². The smallest absolute Gasteiger partial charge is 0.254 e. The van der Waals surface area contributed by atoms with E-state index in [-0.39, 0.29) is 23.4 Å². The molecule has 0 unspecified atom stereocenters. The molecule has 23 heavy (non-hydrogen) atoms. The molecule has 0 spiro atoms. The van der Waals surface area contributed by atoms with Crippen molar-refractivity contribution in [1.82, 2.24) is 5.32 Å². The maximum atomic E-state index is 12.4. The summed E-state index contributed by atoms with van der Waals surface area (Å²) in [5, 5.41) is 2.86. The third-order valence-corrected chi connectivity index (χ3v) is 3.83. The molecule has 4 heteroatoms. The summed E-state index contributed by atoms with van der Waals surface area (Å²) >= 11 is 0. The van der Waals surface area contributed by atoms with E-state index in [1.165, 1.54) is 0 Å². The first-order valence-corrected chi connectivity index (χ1v) is 8.08. The van der Waals surface area contributed by atoms with Gasteiger partial charge in [0.05, 0.1) is 5.56 Å².